The Hall–Kier alpha value is -1.55. The molecule has 1 unspecified atom stereocenters. The number of benzene rings is 1. The van der Waals surface area contributed by atoms with Crippen LogP contribution in [0.4, 0.5) is 0 Å². The molecule has 20 heavy (non-hydrogen) atoms. The number of rotatable bonds is 9. The molecule has 0 heterocycles. The van der Waals surface area contributed by atoms with Crippen molar-refractivity contribution in [2.75, 3.05) is 20.3 Å². The highest BCUT2D eigenvalue weighted by molar-refractivity contribution is 5.76. The highest BCUT2D eigenvalue weighted by Crippen LogP contribution is 2.12. The van der Waals surface area contributed by atoms with Crippen LogP contribution in [0.15, 0.2) is 24.3 Å². The van der Waals surface area contributed by atoms with E-state index in [-0.39, 0.29) is 12.5 Å². The molecule has 0 bridgehead atoms. The monoisotopic (exact) mass is 279 g/mol. The quantitative estimate of drug-likeness (QED) is 0.681. The van der Waals surface area contributed by atoms with E-state index in [2.05, 4.69) is 5.32 Å². The second kappa shape index (κ2) is 9.37. The molecule has 0 saturated heterocycles. The van der Waals surface area contributed by atoms with Gasteiger partial charge in [-0.1, -0.05) is 19.1 Å². The van der Waals surface area contributed by atoms with Crippen LogP contribution in [0.3, 0.4) is 0 Å². The van der Waals surface area contributed by atoms with Gasteiger partial charge in [-0.2, -0.15) is 0 Å². The summed E-state index contributed by atoms with van der Waals surface area (Å²) in [7, 11) is 1.64. The highest BCUT2D eigenvalue weighted by atomic mass is 16.5. The van der Waals surface area contributed by atoms with Crippen molar-refractivity contribution >= 4 is 5.91 Å². The Morgan fingerprint density at radius 2 is 2.05 bits per heavy atom. The average Bonchev–Trinajstić information content (AvgIpc) is 2.49. The third kappa shape index (κ3) is 6.57. The van der Waals surface area contributed by atoms with Crippen molar-refractivity contribution in [1.82, 2.24) is 5.32 Å². The number of hydrogen-bond donors (Lipinski definition) is 2. The summed E-state index contributed by atoms with van der Waals surface area (Å²) in [4.78, 5) is 11.7. The summed E-state index contributed by atoms with van der Waals surface area (Å²) >= 11 is 0. The van der Waals surface area contributed by atoms with E-state index in [0.717, 1.165) is 30.6 Å². The molecule has 4 nitrogen and oxygen atoms in total. The molecule has 0 spiro atoms. The van der Waals surface area contributed by atoms with Crippen molar-refractivity contribution in [3.63, 3.8) is 0 Å². The number of amides is 1. The van der Waals surface area contributed by atoms with Gasteiger partial charge in [-0.05, 0) is 42.9 Å². The van der Waals surface area contributed by atoms with Gasteiger partial charge in [-0.15, -0.1) is 0 Å². The van der Waals surface area contributed by atoms with Crippen molar-refractivity contribution in [2.45, 2.75) is 32.6 Å². The summed E-state index contributed by atoms with van der Waals surface area (Å²) in [5.74, 6) is 1.22. The van der Waals surface area contributed by atoms with Gasteiger partial charge in [0.1, 0.15) is 5.75 Å². The van der Waals surface area contributed by atoms with E-state index in [0.29, 0.717) is 18.9 Å². The normalized spacial score (nSPS) is 11.9. The Labute approximate surface area is 121 Å². The SMILES string of the molecule is COc1ccc(CCC(=O)NCCCC(C)CO)cc1. The third-order valence-electron chi connectivity index (χ3n) is 3.31. The van der Waals surface area contributed by atoms with E-state index < -0.39 is 0 Å². The summed E-state index contributed by atoms with van der Waals surface area (Å²) in [5, 5.41) is 11.8. The number of aliphatic hydroxyl groups excluding tert-OH is 1. The third-order valence-corrected chi connectivity index (χ3v) is 3.31. The van der Waals surface area contributed by atoms with Crippen LogP contribution in [-0.4, -0.2) is 31.3 Å². The second-order valence-corrected chi connectivity index (χ2v) is 5.13. The predicted molar refractivity (Wildman–Crippen MR) is 79.8 cm³/mol. The van der Waals surface area contributed by atoms with Crippen molar-refractivity contribution in [3.8, 4) is 5.75 Å². The number of carbonyl (C=O) groups is 1. The fourth-order valence-corrected chi connectivity index (χ4v) is 1.91. The Bertz CT molecular complexity index is 389. The summed E-state index contributed by atoms with van der Waals surface area (Å²) in [6, 6.07) is 7.77. The van der Waals surface area contributed by atoms with Crippen LogP contribution >= 0.6 is 0 Å². The van der Waals surface area contributed by atoms with E-state index in [1.807, 2.05) is 31.2 Å². The molecule has 0 aromatic heterocycles. The Kier molecular flexibility index (Phi) is 7.73. The Morgan fingerprint density at radius 1 is 1.35 bits per heavy atom. The van der Waals surface area contributed by atoms with Crippen LogP contribution in [0.1, 0.15) is 31.7 Å². The first-order chi connectivity index (χ1) is 9.65. The maximum absolute atomic E-state index is 11.7. The molecular weight excluding hydrogens is 254 g/mol. The van der Waals surface area contributed by atoms with Gasteiger partial charge < -0.3 is 15.2 Å². The van der Waals surface area contributed by atoms with Crippen molar-refractivity contribution in [1.29, 1.82) is 0 Å². The van der Waals surface area contributed by atoms with E-state index in [1.54, 1.807) is 7.11 Å². The number of hydrogen-bond acceptors (Lipinski definition) is 3. The van der Waals surface area contributed by atoms with Gasteiger partial charge in [0.15, 0.2) is 0 Å². The fraction of sp³-hybridized carbons (Fsp3) is 0.562. The summed E-state index contributed by atoms with van der Waals surface area (Å²) in [6.07, 6.45) is 3.09. The number of methoxy groups -OCH3 is 1. The van der Waals surface area contributed by atoms with Crippen LogP contribution < -0.4 is 10.1 Å². The zero-order valence-electron chi connectivity index (χ0n) is 12.4. The van der Waals surface area contributed by atoms with Gasteiger partial charge >= 0.3 is 0 Å². The van der Waals surface area contributed by atoms with E-state index in [4.69, 9.17) is 9.84 Å². The molecule has 0 aliphatic heterocycles. The van der Waals surface area contributed by atoms with Crippen LogP contribution in [0.25, 0.3) is 0 Å². The maximum atomic E-state index is 11.7. The summed E-state index contributed by atoms with van der Waals surface area (Å²) in [5.41, 5.74) is 1.13. The van der Waals surface area contributed by atoms with Gasteiger partial charge in [0, 0.05) is 19.6 Å². The largest absolute Gasteiger partial charge is 0.497 e. The van der Waals surface area contributed by atoms with Gasteiger partial charge in [0.05, 0.1) is 7.11 Å². The minimum atomic E-state index is 0.0810. The molecule has 0 aliphatic rings. The van der Waals surface area contributed by atoms with Gasteiger partial charge in [0.2, 0.25) is 5.91 Å². The van der Waals surface area contributed by atoms with Crippen molar-refractivity contribution in [3.05, 3.63) is 29.8 Å². The Morgan fingerprint density at radius 3 is 2.65 bits per heavy atom. The molecule has 1 aromatic carbocycles. The highest BCUT2D eigenvalue weighted by Gasteiger charge is 2.03. The molecule has 1 amide bonds. The first kappa shape index (κ1) is 16.5. The molecule has 0 fully saturated rings. The van der Waals surface area contributed by atoms with E-state index >= 15 is 0 Å². The lowest BCUT2D eigenvalue weighted by molar-refractivity contribution is -0.121. The maximum Gasteiger partial charge on any atom is 0.220 e. The Balaban J connectivity index is 2.16. The van der Waals surface area contributed by atoms with Gasteiger partial charge in [-0.3, -0.25) is 4.79 Å². The summed E-state index contributed by atoms with van der Waals surface area (Å²) < 4.78 is 5.09. The smallest absolute Gasteiger partial charge is 0.220 e. The molecule has 112 valence electrons. The lowest BCUT2D eigenvalue weighted by Crippen LogP contribution is -2.25. The molecule has 0 radical (unpaired) electrons. The molecule has 4 heteroatoms. The lowest BCUT2D eigenvalue weighted by atomic mass is 10.1. The summed E-state index contributed by atoms with van der Waals surface area (Å²) in [6.45, 7) is 2.91. The van der Waals surface area contributed by atoms with Gasteiger partial charge in [-0.25, -0.2) is 0 Å². The standard InChI is InChI=1S/C16H25NO3/c1-13(12-18)4-3-11-17-16(19)10-7-14-5-8-15(20-2)9-6-14/h5-6,8-9,13,18H,3-4,7,10-12H2,1-2H3,(H,17,19). The number of aryl methyl sites for hydroxylation is 1. The molecule has 0 aliphatic carbocycles. The van der Waals surface area contributed by atoms with Gasteiger partial charge in [0.25, 0.3) is 0 Å². The average molecular weight is 279 g/mol. The molecular formula is C16H25NO3. The van der Waals surface area contributed by atoms with Crippen LogP contribution in [0.5, 0.6) is 5.75 Å². The van der Waals surface area contributed by atoms with Crippen molar-refractivity contribution < 1.29 is 14.6 Å². The predicted octanol–water partition coefficient (Wildman–Crippen LogP) is 2.15. The van der Waals surface area contributed by atoms with Crippen molar-refractivity contribution in [2.24, 2.45) is 5.92 Å². The minimum absolute atomic E-state index is 0.0810. The fourth-order valence-electron chi connectivity index (χ4n) is 1.91. The molecule has 1 rings (SSSR count). The van der Waals surface area contributed by atoms with E-state index in [1.165, 1.54) is 0 Å². The minimum Gasteiger partial charge on any atom is -0.497 e. The van der Waals surface area contributed by atoms with E-state index in [9.17, 15) is 4.79 Å². The lowest BCUT2D eigenvalue weighted by Gasteiger charge is -2.08. The number of nitrogens with one attached hydrogen (secondary N) is 1. The van der Waals surface area contributed by atoms with Crippen LogP contribution in [0, 0.1) is 5.92 Å². The van der Waals surface area contributed by atoms with Crippen LogP contribution in [0.2, 0.25) is 0 Å². The first-order valence-electron chi connectivity index (χ1n) is 7.16. The first-order valence-corrected chi connectivity index (χ1v) is 7.16. The zero-order chi connectivity index (χ0) is 14.8. The second-order valence-electron chi connectivity index (χ2n) is 5.13. The molecule has 1 atom stereocenters. The molecule has 0 saturated carbocycles. The zero-order valence-corrected chi connectivity index (χ0v) is 12.4. The number of aliphatic hydroxyl groups is 1. The number of carbonyl (C=O) groups excluding carboxylic acids is 1. The number of ether oxygens (including phenoxy) is 1. The molecule has 1 aromatic rings. The topological polar surface area (TPSA) is 58.6 Å². The van der Waals surface area contributed by atoms with Crippen LogP contribution in [-0.2, 0) is 11.2 Å². The molecule has 2 N–H and O–H groups in total.